The van der Waals surface area contributed by atoms with Crippen LogP contribution in [0.25, 0.3) is 11.0 Å². The standard InChI is InChI=1S/C6H4BrN3O/c7-4-1-3-5(10-4)6(11)9-2-8-3/h1-2,10H,(H,8,9,11). The molecule has 2 rings (SSSR count). The van der Waals surface area contributed by atoms with E-state index in [1.807, 2.05) is 0 Å². The van der Waals surface area contributed by atoms with E-state index in [0.29, 0.717) is 11.0 Å². The van der Waals surface area contributed by atoms with Gasteiger partial charge in [-0.05, 0) is 22.0 Å². The fourth-order valence-electron chi connectivity index (χ4n) is 0.919. The van der Waals surface area contributed by atoms with Crippen LogP contribution < -0.4 is 5.56 Å². The van der Waals surface area contributed by atoms with Gasteiger partial charge >= 0.3 is 0 Å². The first-order valence-corrected chi connectivity index (χ1v) is 3.78. The summed E-state index contributed by atoms with van der Waals surface area (Å²) in [6, 6.07) is 1.75. The van der Waals surface area contributed by atoms with Crippen LogP contribution in [0.15, 0.2) is 21.8 Å². The smallest absolute Gasteiger partial charge is 0.275 e. The van der Waals surface area contributed by atoms with Gasteiger partial charge in [0.15, 0.2) is 0 Å². The van der Waals surface area contributed by atoms with Gasteiger partial charge in [-0.3, -0.25) is 4.79 Å². The van der Waals surface area contributed by atoms with Gasteiger partial charge < -0.3 is 9.97 Å². The molecule has 0 atom stereocenters. The Morgan fingerprint density at radius 1 is 1.55 bits per heavy atom. The van der Waals surface area contributed by atoms with Crippen molar-refractivity contribution in [2.75, 3.05) is 0 Å². The molecule has 0 fully saturated rings. The van der Waals surface area contributed by atoms with Gasteiger partial charge in [-0.15, -0.1) is 0 Å². The summed E-state index contributed by atoms with van der Waals surface area (Å²) in [7, 11) is 0. The molecule has 4 nitrogen and oxygen atoms in total. The Balaban J connectivity index is 3.02. The van der Waals surface area contributed by atoms with Gasteiger partial charge in [0.2, 0.25) is 0 Å². The molecule has 11 heavy (non-hydrogen) atoms. The van der Waals surface area contributed by atoms with Gasteiger partial charge in [0.05, 0.1) is 16.4 Å². The number of aromatic nitrogens is 3. The fraction of sp³-hybridized carbons (Fsp3) is 0. The van der Waals surface area contributed by atoms with Crippen molar-refractivity contribution in [2.24, 2.45) is 0 Å². The van der Waals surface area contributed by atoms with Crippen LogP contribution in [0.2, 0.25) is 0 Å². The SMILES string of the molecule is O=c1[nH]cnc2cc(Br)[nH]c12. The molecule has 56 valence electrons. The summed E-state index contributed by atoms with van der Waals surface area (Å²) in [6.07, 6.45) is 1.38. The second-order valence-corrected chi connectivity index (χ2v) is 2.96. The van der Waals surface area contributed by atoms with Crippen molar-refractivity contribution in [1.82, 2.24) is 15.0 Å². The molecule has 0 unspecified atom stereocenters. The van der Waals surface area contributed by atoms with Gasteiger partial charge in [-0.1, -0.05) is 0 Å². The summed E-state index contributed by atoms with van der Waals surface area (Å²) in [5.41, 5.74) is 1.01. The Bertz CT molecular complexity index is 444. The van der Waals surface area contributed by atoms with Crippen molar-refractivity contribution in [3.8, 4) is 0 Å². The van der Waals surface area contributed by atoms with E-state index in [1.54, 1.807) is 6.07 Å². The Morgan fingerprint density at radius 2 is 2.36 bits per heavy atom. The molecular weight excluding hydrogens is 210 g/mol. The molecule has 2 aromatic rings. The van der Waals surface area contributed by atoms with Gasteiger partial charge in [-0.2, -0.15) is 0 Å². The molecule has 0 aliphatic carbocycles. The average molecular weight is 214 g/mol. The molecule has 2 N–H and O–H groups in total. The number of nitrogens with zero attached hydrogens (tertiary/aromatic N) is 1. The Labute approximate surface area is 69.8 Å². The quantitative estimate of drug-likeness (QED) is 0.687. The van der Waals surface area contributed by atoms with Crippen LogP contribution in [-0.2, 0) is 0 Å². The number of rotatable bonds is 0. The van der Waals surface area contributed by atoms with Crippen LogP contribution in [0.5, 0.6) is 0 Å². The normalized spacial score (nSPS) is 10.6. The highest BCUT2D eigenvalue weighted by Crippen LogP contribution is 2.12. The van der Waals surface area contributed by atoms with Gasteiger partial charge in [0.1, 0.15) is 5.52 Å². The van der Waals surface area contributed by atoms with Crippen LogP contribution in [0, 0.1) is 0 Å². The van der Waals surface area contributed by atoms with Crippen LogP contribution in [0.1, 0.15) is 0 Å². The number of hydrogen-bond acceptors (Lipinski definition) is 2. The zero-order valence-corrected chi connectivity index (χ0v) is 6.97. The summed E-state index contributed by atoms with van der Waals surface area (Å²) < 4.78 is 0.761. The van der Waals surface area contributed by atoms with Gasteiger partial charge in [0, 0.05) is 0 Å². The summed E-state index contributed by atoms with van der Waals surface area (Å²) in [6.45, 7) is 0. The first-order chi connectivity index (χ1) is 5.27. The second-order valence-electron chi connectivity index (χ2n) is 2.11. The second kappa shape index (κ2) is 2.20. The zero-order valence-electron chi connectivity index (χ0n) is 5.39. The molecule has 0 amide bonds. The Morgan fingerprint density at radius 3 is 3.09 bits per heavy atom. The average Bonchev–Trinajstić information content (AvgIpc) is 2.31. The highest BCUT2D eigenvalue weighted by molar-refractivity contribution is 9.10. The number of nitrogens with one attached hydrogen (secondary N) is 2. The zero-order chi connectivity index (χ0) is 7.84. The van der Waals surface area contributed by atoms with Crippen LogP contribution in [0.3, 0.4) is 0 Å². The molecule has 0 bridgehead atoms. The summed E-state index contributed by atoms with van der Waals surface area (Å²) in [5, 5.41) is 0. The van der Waals surface area contributed by atoms with Crippen LogP contribution >= 0.6 is 15.9 Å². The van der Waals surface area contributed by atoms with E-state index in [0.717, 1.165) is 4.60 Å². The lowest BCUT2D eigenvalue weighted by atomic mass is 10.5. The number of aromatic amines is 2. The lowest BCUT2D eigenvalue weighted by Gasteiger charge is -1.83. The third kappa shape index (κ3) is 0.970. The molecule has 0 saturated carbocycles. The number of fused-ring (bicyclic) bond motifs is 1. The predicted molar refractivity (Wildman–Crippen MR) is 44.4 cm³/mol. The maximum atomic E-state index is 11.0. The predicted octanol–water partition coefficient (Wildman–Crippen LogP) is 1.01. The third-order valence-electron chi connectivity index (χ3n) is 1.39. The van der Waals surface area contributed by atoms with Crippen molar-refractivity contribution < 1.29 is 0 Å². The molecule has 0 saturated heterocycles. The molecule has 0 aromatic carbocycles. The molecule has 0 aliphatic heterocycles. The highest BCUT2D eigenvalue weighted by atomic mass is 79.9. The number of hydrogen-bond donors (Lipinski definition) is 2. The maximum absolute atomic E-state index is 11.0. The van der Waals surface area contributed by atoms with Crippen molar-refractivity contribution in [1.29, 1.82) is 0 Å². The van der Waals surface area contributed by atoms with E-state index < -0.39 is 0 Å². The van der Waals surface area contributed by atoms with E-state index in [2.05, 4.69) is 30.9 Å². The molecular formula is C6H4BrN3O. The third-order valence-corrected chi connectivity index (χ3v) is 1.82. The topological polar surface area (TPSA) is 61.5 Å². The van der Waals surface area contributed by atoms with E-state index in [-0.39, 0.29) is 5.56 Å². The summed E-state index contributed by atoms with van der Waals surface area (Å²) in [5.74, 6) is 0. The van der Waals surface area contributed by atoms with Crippen LogP contribution in [0.4, 0.5) is 0 Å². The minimum absolute atomic E-state index is 0.152. The first-order valence-electron chi connectivity index (χ1n) is 2.99. The van der Waals surface area contributed by atoms with Crippen molar-refractivity contribution in [3.05, 3.63) is 27.4 Å². The van der Waals surface area contributed by atoms with Crippen molar-refractivity contribution in [3.63, 3.8) is 0 Å². The van der Waals surface area contributed by atoms with Crippen molar-refractivity contribution in [2.45, 2.75) is 0 Å². The number of H-pyrrole nitrogens is 2. The summed E-state index contributed by atoms with van der Waals surface area (Å²) >= 11 is 3.21. The highest BCUT2D eigenvalue weighted by Gasteiger charge is 2.01. The van der Waals surface area contributed by atoms with E-state index in [1.165, 1.54) is 6.33 Å². The fourth-order valence-corrected chi connectivity index (χ4v) is 1.33. The lowest BCUT2D eigenvalue weighted by Crippen LogP contribution is -2.05. The van der Waals surface area contributed by atoms with Crippen molar-refractivity contribution >= 4 is 27.0 Å². The van der Waals surface area contributed by atoms with Crippen LogP contribution in [-0.4, -0.2) is 15.0 Å². The molecule has 0 spiro atoms. The number of halogens is 1. The monoisotopic (exact) mass is 213 g/mol. The van der Waals surface area contributed by atoms with E-state index in [4.69, 9.17) is 0 Å². The van der Waals surface area contributed by atoms with E-state index >= 15 is 0 Å². The molecule has 2 heterocycles. The minimum Gasteiger partial charge on any atom is -0.343 e. The molecule has 5 heteroatoms. The Hall–Kier alpha value is -1.10. The first kappa shape index (κ1) is 6.60. The Kier molecular flexibility index (Phi) is 1.32. The minimum atomic E-state index is -0.152. The molecule has 2 aromatic heterocycles. The molecule has 0 radical (unpaired) electrons. The largest absolute Gasteiger partial charge is 0.343 e. The summed E-state index contributed by atoms with van der Waals surface area (Å²) in [4.78, 5) is 20.3. The lowest BCUT2D eigenvalue weighted by molar-refractivity contribution is 1.16. The molecule has 0 aliphatic rings. The van der Waals surface area contributed by atoms with Gasteiger partial charge in [0.25, 0.3) is 5.56 Å². The van der Waals surface area contributed by atoms with E-state index in [9.17, 15) is 4.79 Å². The van der Waals surface area contributed by atoms with Gasteiger partial charge in [-0.25, -0.2) is 4.98 Å². The maximum Gasteiger partial charge on any atom is 0.275 e.